The van der Waals surface area contributed by atoms with Crippen LogP contribution in [0.3, 0.4) is 0 Å². The number of carbonyl (C=O) groups is 2. The summed E-state index contributed by atoms with van der Waals surface area (Å²) in [5, 5.41) is 5.20. The number of nitrogens with zero attached hydrogens (tertiary/aromatic N) is 1. The van der Waals surface area contributed by atoms with Crippen molar-refractivity contribution in [1.82, 2.24) is 14.9 Å². The van der Waals surface area contributed by atoms with Crippen LogP contribution in [0.4, 0.5) is 0 Å². The van der Waals surface area contributed by atoms with E-state index in [4.69, 9.17) is 4.74 Å². The van der Waals surface area contributed by atoms with Gasteiger partial charge in [-0.2, -0.15) is 4.31 Å². The van der Waals surface area contributed by atoms with Crippen LogP contribution in [-0.2, 0) is 26.2 Å². The molecular formula is C24H31N3O5S. The van der Waals surface area contributed by atoms with Gasteiger partial charge in [-0.05, 0) is 56.0 Å². The molecule has 1 fully saturated rings. The number of benzene rings is 2. The Morgan fingerprint density at radius 1 is 1.00 bits per heavy atom. The van der Waals surface area contributed by atoms with Crippen molar-refractivity contribution in [2.75, 3.05) is 20.2 Å². The minimum atomic E-state index is -3.61. The lowest BCUT2D eigenvalue weighted by Crippen LogP contribution is -2.46. The molecule has 1 heterocycles. The van der Waals surface area contributed by atoms with Crippen molar-refractivity contribution >= 4 is 21.8 Å². The number of methoxy groups -OCH3 is 1. The molecule has 0 radical (unpaired) electrons. The molecule has 1 aliphatic heterocycles. The average Bonchev–Trinajstić information content (AvgIpc) is 2.83. The fourth-order valence-corrected chi connectivity index (χ4v) is 5.59. The van der Waals surface area contributed by atoms with E-state index >= 15 is 0 Å². The molecule has 1 atom stereocenters. The van der Waals surface area contributed by atoms with Gasteiger partial charge >= 0.3 is 11.8 Å². The number of sulfonamides is 1. The predicted octanol–water partition coefficient (Wildman–Crippen LogP) is 2.37. The first-order valence-electron chi connectivity index (χ1n) is 11.1. The highest BCUT2D eigenvalue weighted by Gasteiger charge is 2.33. The lowest BCUT2D eigenvalue weighted by atomic mass is 10.0. The van der Waals surface area contributed by atoms with E-state index in [0.29, 0.717) is 18.7 Å². The highest BCUT2D eigenvalue weighted by molar-refractivity contribution is 7.89. The van der Waals surface area contributed by atoms with Crippen molar-refractivity contribution in [3.8, 4) is 5.75 Å². The highest BCUT2D eigenvalue weighted by atomic mass is 32.2. The van der Waals surface area contributed by atoms with Crippen LogP contribution in [0.15, 0.2) is 53.4 Å². The third-order valence-electron chi connectivity index (χ3n) is 5.78. The summed E-state index contributed by atoms with van der Waals surface area (Å²) < 4.78 is 32.9. The monoisotopic (exact) mass is 473 g/mol. The molecule has 0 aliphatic carbocycles. The van der Waals surface area contributed by atoms with E-state index in [1.165, 1.54) is 4.31 Å². The smallest absolute Gasteiger partial charge is 0.309 e. The van der Waals surface area contributed by atoms with Gasteiger partial charge in [0, 0.05) is 25.7 Å². The highest BCUT2D eigenvalue weighted by Crippen LogP contribution is 2.27. The van der Waals surface area contributed by atoms with Crippen LogP contribution in [-0.4, -0.2) is 50.8 Å². The van der Waals surface area contributed by atoms with Gasteiger partial charge in [-0.15, -0.1) is 0 Å². The van der Waals surface area contributed by atoms with Gasteiger partial charge in [0.1, 0.15) is 5.75 Å². The average molecular weight is 474 g/mol. The Morgan fingerprint density at radius 2 is 1.67 bits per heavy atom. The summed E-state index contributed by atoms with van der Waals surface area (Å²) >= 11 is 0. The zero-order chi connectivity index (χ0) is 23.8. The number of hydrogen-bond donors (Lipinski definition) is 2. The zero-order valence-corrected chi connectivity index (χ0v) is 19.9. The molecule has 2 aromatic rings. The van der Waals surface area contributed by atoms with E-state index in [9.17, 15) is 18.0 Å². The maximum Gasteiger partial charge on any atom is 0.309 e. The lowest BCUT2D eigenvalue weighted by Gasteiger charge is -2.34. The van der Waals surface area contributed by atoms with Crippen LogP contribution < -0.4 is 15.4 Å². The normalized spacial score (nSPS) is 16.7. The summed E-state index contributed by atoms with van der Waals surface area (Å²) in [6, 6.07) is 13.8. The van der Waals surface area contributed by atoms with Crippen LogP contribution >= 0.6 is 0 Å². The van der Waals surface area contributed by atoms with Crippen LogP contribution in [0.5, 0.6) is 5.75 Å². The second-order valence-electron chi connectivity index (χ2n) is 8.15. The molecule has 0 unspecified atom stereocenters. The van der Waals surface area contributed by atoms with Gasteiger partial charge in [-0.25, -0.2) is 8.42 Å². The first kappa shape index (κ1) is 24.7. The third kappa shape index (κ3) is 6.55. The van der Waals surface area contributed by atoms with Crippen LogP contribution in [0.1, 0.15) is 36.8 Å². The maximum atomic E-state index is 13.1. The number of piperidine rings is 1. The van der Waals surface area contributed by atoms with Gasteiger partial charge in [0.15, 0.2) is 0 Å². The Balaban J connectivity index is 1.50. The van der Waals surface area contributed by atoms with Gasteiger partial charge in [-0.1, -0.05) is 36.2 Å². The number of aryl methyl sites for hydroxylation is 1. The topological polar surface area (TPSA) is 105 Å². The Bertz CT molecular complexity index is 1050. The van der Waals surface area contributed by atoms with Crippen molar-refractivity contribution in [1.29, 1.82) is 0 Å². The molecular weight excluding hydrogens is 442 g/mol. The molecule has 0 saturated carbocycles. The van der Waals surface area contributed by atoms with Gasteiger partial charge in [0.05, 0.1) is 12.0 Å². The van der Waals surface area contributed by atoms with Crippen LogP contribution in [0, 0.1) is 6.92 Å². The predicted molar refractivity (Wildman–Crippen MR) is 125 cm³/mol. The van der Waals surface area contributed by atoms with Crippen molar-refractivity contribution in [3.05, 3.63) is 59.7 Å². The van der Waals surface area contributed by atoms with E-state index in [1.807, 2.05) is 19.1 Å². The molecule has 2 aromatic carbocycles. The largest absolute Gasteiger partial charge is 0.497 e. The van der Waals surface area contributed by atoms with Gasteiger partial charge in [-0.3, -0.25) is 9.59 Å². The van der Waals surface area contributed by atoms with Crippen LogP contribution in [0.2, 0.25) is 0 Å². The van der Waals surface area contributed by atoms with E-state index in [-0.39, 0.29) is 24.0 Å². The quantitative estimate of drug-likeness (QED) is 0.573. The standard InChI is InChI=1S/C24H31N3O5S/c1-18-6-12-22(13-7-18)33(30,31)27-16-4-3-5-20(27)14-15-25-23(28)24(29)26-17-19-8-10-21(32-2)11-9-19/h6-13,20H,3-5,14-17H2,1-2H3,(H,25,28)(H,26,29)/t20-/m1/s1. The Labute approximate surface area is 195 Å². The first-order valence-corrected chi connectivity index (χ1v) is 12.5. The number of rotatable bonds is 8. The SMILES string of the molecule is COc1ccc(CNC(=O)C(=O)NCC[C@H]2CCCCN2S(=O)(=O)c2ccc(C)cc2)cc1. The summed E-state index contributed by atoms with van der Waals surface area (Å²) in [6.45, 7) is 2.81. The Morgan fingerprint density at radius 3 is 2.33 bits per heavy atom. The number of nitrogens with one attached hydrogen (secondary N) is 2. The number of ether oxygens (including phenoxy) is 1. The first-order chi connectivity index (χ1) is 15.8. The van der Waals surface area contributed by atoms with Crippen molar-refractivity contribution in [3.63, 3.8) is 0 Å². The minimum absolute atomic E-state index is 0.215. The molecule has 178 valence electrons. The van der Waals surface area contributed by atoms with E-state index < -0.39 is 21.8 Å². The molecule has 9 heteroatoms. The van der Waals surface area contributed by atoms with Gasteiger partial charge in [0.2, 0.25) is 10.0 Å². The number of hydrogen-bond acceptors (Lipinski definition) is 5. The van der Waals surface area contributed by atoms with Crippen molar-refractivity contribution in [2.24, 2.45) is 0 Å². The summed E-state index contributed by atoms with van der Waals surface area (Å²) in [4.78, 5) is 24.5. The second kappa shape index (κ2) is 11.3. The second-order valence-corrected chi connectivity index (χ2v) is 10.0. The Kier molecular flexibility index (Phi) is 8.46. The molecule has 3 rings (SSSR count). The van der Waals surface area contributed by atoms with Gasteiger partial charge < -0.3 is 15.4 Å². The molecule has 2 amide bonds. The molecule has 0 spiro atoms. The summed E-state index contributed by atoms with van der Waals surface area (Å²) in [7, 11) is -2.03. The fourth-order valence-electron chi connectivity index (χ4n) is 3.86. The molecule has 1 saturated heterocycles. The molecule has 33 heavy (non-hydrogen) atoms. The van der Waals surface area contributed by atoms with Crippen LogP contribution in [0.25, 0.3) is 0 Å². The summed E-state index contributed by atoms with van der Waals surface area (Å²) in [6.07, 6.45) is 2.91. The number of carbonyl (C=O) groups excluding carboxylic acids is 2. The fraction of sp³-hybridized carbons (Fsp3) is 0.417. The maximum absolute atomic E-state index is 13.1. The molecule has 0 bridgehead atoms. The number of amides is 2. The third-order valence-corrected chi connectivity index (χ3v) is 7.75. The summed E-state index contributed by atoms with van der Waals surface area (Å²) in [5.41, 5.74) is 1.84. The van der Waals surface area contributed by atoms with E-state index in [2.05, 4.69) is 10.6 Å². The van der Waals surface area contributed by atoms with Crippen molar-refractivity contribution < 1.29 is 22.7 Å². The van der Waals surface area contributed by atoms with E-state index in [0.717, 1.165) is 30.4 Å². The Hall–Kier alpha value is -2.91. The molecule has 8 nitrogen and oxygen atoms in total. The summed E-state index contributed by atoms with van der Waals surface area (Å²) in [5.74, 6) is -0.741. The zero-order valence-electron chi connectivity index (χ0n) is 19.0. The molecule has 1 aliphatic rings. The molecule has 2 N–H and O–H groups in total. The minimum Gasteiger partial charge on any atom is -0.497 e. The van der Waals surface area contributed by atoms with Crippen molar-refractivity contribution in [2.45, 2.75) is 50.1 Å². The molecule has 0 aromatic heterocycles. The lowest BCUT2D eigenvalue weighted by molar-refractivity contribution is -0.139. The van der Waals surface area contributed by atoms with Gasteiger partial charge in [0.25, 0.3) is 0 Å². The van der Waals surface area contributed by atoms with E-state index in [1.54, 1.807) is 43.5 Å².